The molecule has 0 bridgehead atoms. The van der Waals surface area contributed by atoms with Gasteiger partial charge in [-0.25, -0.2) is 8.42 Å². The average molecular weight is 438 g/mol. The molecule has 0 radical (unpaired) electrons. The van der Waals surface area contributed by atoms with Crippen LogP contribution in [0, 0.1) is 0 Å². The van der Waals surface area contributed by atoms with Crippen LogP contribution >= 0.6 is 15.9 Å². The van der Waals surface area contributed by atoms with Crippen molar-refractivity contribution in [2.45, 2.75) is 23.8 Å². The smallest absolute Gasteiger partial charge is 0.255 e. The van der Waals surface area contributed by atoms with E-state index in [-0.39, 0.29) is 17.7 Å². The van der Waals surface area contributed by atoms with Crippen molar-refractivity contribution >= 4 is 31.7 Å². The van der Waals surface area contributed by atoms with Crippen molar-refractivity contribution in [2.24, 2.45) is 0 Å². The van der Waals surface area contributed by atoms with E-state index in [0.717, 1.165) is 6.42 Å². The van der Waals surface area contributed by atoms with Crippen LogP contribution in [0.2, 0.25) is 0 Å². The number of halogens is 1. The highest BCUT2D eigenvalue weighted by Gasteiger charge is 2.34. The van der Waals surface area contributed by atoms with Crippen molar-refractivity contribution in [3.8, 4) is 5.75 Å². The van der Waals surface area contributed by atoms with Crippen LogP contribution in [0.1, 0.15) is 23.2 Å². The van der Waals surface area contributed by atoms with Crippen molar-refractivity contribution in [1.82, 2.24) is 4.90 Å². The maximum atomic E-state index is 13.0. The van der Waals surface area contributed by atoms with E-state index in [0.29, 0.717) is 33.6 Å². The van der Waals surface area contributed by atoms with E-state index in [1.165, 1.54) is 0 Å². The molecule has 1 aliphatic heterocycles. The van der Waals surface area contributed by atoms with Crippen LogP contribution in [-0.4, -0.2) is 44.7 Å². The van der Waals surface area contributed by atoms with Crippen LogP contribution in [-0.2, 0) is 9.84 Å². The maximum absolute atomic E-state index is 13.0. The highest BCUT2D eigenvalue weighted by Crippen LogP contribution is 2.28. The molecule has 26 heavy (non-hydrogen) atoms. The Bertz CT molecular complexity index is 899. The van der Waals surface area contributed by atoms with E-state index in [9.17, 15) is 13.2 Å². The van der Waals surface area contributed by atoms with E-state index in [2.05, 4.69) is 15.9 Å². The molecule has 0 aliphatic carbocycles. The summed E-state index contributed by atoms with van der Waals surface area (Å²) < 4.78 is 31.3. The number of benzene rings is 2. The van der Waals surface area contributed by atoms with Crippen LogP contribution in [0.5, 0.6) is 5.75 Å². The number of hydrogen-bond donors (Lipinski definition) is 0. The lowest BCUT2D eigenvalue weighted by atomic mass is 10.1. The van der Waals surface area contributed by atoms with Crippen LogP contribution in [0.4, 0.5) is 0 Å². The fraction of sp³-hybridized carbons (Fsp3) is 0.316. The molecule has 1 fully saturated rings. The Morgan fingerprint density at radius 2 is 1.96 bits per heavy atom. The highest BCUT2D eigenvalue weighted by molar-refractivity contribution is 9.10. The van der Waals surface area contributed by atoms with Gasteiger partial charge in [-0.2, -0.15) is 0 Å². The Morgan fingerprint density at radius 1 is 1.23 bits per heavy atom. The summed E-state index contributed by atoms with van der Waals surface area (Å²) in [5, 5.41) is 0. The first-order chi connectivity index (χ1) is 12.4. The molecular weight excluding hydrogens is 418 g/mol. The molecule has 0 N–H and O–H groups in total. The molecule has 1 atom stereocenters. The SMILES string of the molecule is COc1ccc(Br)c(C(=O)N2CCC[C@@H]2CS(=O)(=O)c2ccccc2)c1. The summed E-state index contributed by atoms with van der Waals surface area (Å²) in [6.07, 6.45) is 1.47. The van der Waals surface area contributed by atoms with Gasteiger partial charge in [-0.15, -0.1) is 0 Å². The van der Waals surface area contributed by atoms with Crippen molar-refractivity contribution in [3.05, 3.63) is 58.6 Å². The summed E-state index contributed by atoms with van der Waals surface area (Å²) in [4.78, 5) is 15.0. The topological polar surface area (TPSA) is 63.7 Å². The van der Waals surface area contributed by atoms with E-state index >= 15 is 0 Å². The number of sulfone groups is 1. The van der Waals surface area contributed by atoms with E-state index in [1.54, 1.807) is 60.5 Å². The molecule has 2 aromatic carbocycles. The number of nitrogens with zero attached hydrogens (tertiary/aromatic N) is 1. The summed E-state index contributed by atoms with van der Waals surface area (Å²) in [6, 6.07) is 13.3. The van der Waals surface area contributed by atoms with Crippen LogP contribution in [0.25, 0.3) is 0 Å². The molecule has 5 nitrogen and oxygen atoms in total. The number of ether oxygens (including phenoxy) is 1. The number of carbonyl (C=O) groups is 1. The van der Waals surface area contributed by atoms with Gasteiger partial charge in [0, 0.05) is 17.1 Å². The molecule has 1 amide bonds. The summed E-state index contributed by atoms with van der Waals surface area (Å²) in [7, 11) is -1.90. The van der Waals surface area contributed by atoms with Gasteiger partial charge in [-0.05, 0) is 59.1 Å². The van der Waals surface area contributed by atoms with E-state index in [4.69, 9.17) is 4.74 Å². The van der Waals surface area contributed by atoms with Gasteiger partial charge in [0.25, 0.3) is 5.91 Å². The lowest BCUT2D eigenvalue weighted by Crippen LogP contribution is -2.39. The zero-order chi connectivity index (χ0) is 18.7. The fourth-order valence-corrected chi connectivity index (χ4v) is 5.24. The first-order valence-corrected chi connectivity index (χ1v) is 10.8. The Balaban J connectivity index is 1.83. The molecule has 1 aliphatic rings. The standard InChI is InChI=1S/C19H20BrNO4S/c1-25-15-9-10-18(20)17(12-15)19(22)21-11-5-6-14(21)13-26(23,24)16-7-3-2-4-8-16/h2-4,7-10,12,14H,5-6,11,13H2,1H3/t14-/m1/s1. The monoisotopic (exact) mass is 437 g/mol. The minimum atomic E-state index is -3.45. The normalized spacial score (nSPS) is 17.3. The van der Waals surface area contributed by atoms with Gasteiger partial charge in [-0.3, -0.25) is 4.79 Å². The summed E-state index contributed by atoms with van der Waals surface area (Å²) in [5.74, 6) is 0.343. The Hall–Kier alpha value is -1.86. The lowest BCUT2D eigenvalue weighted by Gasteiger charge is -2.25. The van der Waals surface area contributed by atoms with Crippen molar-refractivity contribution in [1.29, 1.82) is 0 Å². The molecule has 0 spiro atoms. The molecule has 3 rings (SSSR count). The minimum absolute atomic E-state index is 0.0651. The van der Waals surface area contributed by atoms with Gasteiger partial charge < -0.3 is 9.64 Å². The molecule has 2 aromatic rings. The van der Waals surface area contributed by atoms with Crippen molar-refractivity contribution in [3.63, 3.8) is 0 Å². The molecule has 1 saturated heterocycles. The summed E-state index contributed by atoms with van der Waals surface area (Å²) in [6.45, 7) is 0.553. The zero-order valence-electron chi connectivity index (χ0n) is 14.4. The predicted octanol–water partition coefficient (Wildman–Crippen LogP) is 3.54. The minimum Gasteiger partial charge on any atom is -0.497 e. The third kappa shape index (κ3) is 3.94. The third-order valence-corrected chi connectivity index (χ3v) is 7.06. The van der Waals surface area contributed by atoms with Crippen LogP contribution < -0.4 is 4.74 Å². The molecule has 138 valence electrons. The summed E-state index contributed by atoms with van der Waals surface area (Å²) in [5.41, 5.74) is 0.480. The van der Waals surface area contributed by atoms with Gasteiger partial charge in [0.15, 0.2) is 9.84 Å². The third-order valence-electron chi connectivity index (χ3n) is 4.56. The number of hydrogen-bond acceptors (Lipinski definition) is 4. The van der Waals surface area contributed by atoms with E-state index < -0.39 is 9.84 Å². The summed E-state index contributed by atoms with van der Waals surface area (Å²) >= 11 is 3.40. The molecule has 1 heterocycles. The first-order valence-electron chi connectivity index (χ1n) is 8.34. The number of rotatable bonds is 5. The van der Waals surface area contributed by atoms with Gasteiger partial charge in [0.05, 0.1) is 23.3 Å². The Morgan fingerprint density at radius 3 is 2.65 bits per heavy atom. The van der Waals surface area contributed by atoms with Gasteiger partial charge >= 0.3 is 0 Å². The van der Waals surface area contributed by atoms with Gasteiger partial charge in [-0.1, -0.05) is 18.2 Å². The van der Waals surface area contributed by atoms with E-state index in [1.807, 2.05) is 0 Å². The average Bonchev–Trinajstić information content (AvgIpc) is 3.09. The molecular formula is C19H20BrNO4S. The second-order valence-electron chi connectivity index (χ2n) is 6.23. The van der Waals surface area contributed by atoms with Crippen LogP contribution in [0.15, 0.2) is 57.9 Å². The Kier molecular flexibility index (Phi) is 5.67. The van der Waals surface area contributed by atoms with Gasteiger partial charge in [0.2, 0.25) is 0 Å². The fourth-order valence-electron chi connectivity index (χ4n) is 3.20. The molecule has 0 unspecified atom stereocenters. The number of methoxy groups -OCH3 is 1. The first kappa shape index (κ1) is 18.9. The molecule has 0 saturated carbocycles. The van der Waals surface area contributed by atoms with Crippen molar-refractivity contribution in [2.75, 3.05) is 19.4 Å². The largest absolute Gasteiger partial charge is 0.497 e. The second kappa shape index (κ2) is 7.80. The lowest BCUT2D eigenvalue weighted by molar-refractivity contribution is 0.0748. The van der Waals surface area contributed by atoms with Crippen molar-refractivity contribution < 1.29 is 17.9 Å². The van der Waals surface area contributed by atoms with Crippen LogP contribution in [0.3, 0.4) is 0 Å². The Labute approximate surface area is 162 Å². The zero-order valence-corrected chi connectivity index (χ0v) is 16.8. The maximum Gasteiger partial charge on any atom is 0.255 e. The van der Waals surface area contributed by atoms with Gasteiger partial charge in [0.1, 0.15) is 5.75 Å². The second-order valence-corrected chi connectivity index (χ2v) is 9.12. The number of likely N-dealkylation sites (tertiary alicyclic amines) is 1. The number of amides is 1. The predicted molar refractivity (Wildman–Crippen MR) is 103 cm³/mol. The molecule has 7 heteroatoms. The highest BCUT2D eigenvalue weighted by atomic mass is 79.9. The quantitative estimate of drug-likeness (QED) is 0.717. The molecule has 0 aromatic heterocycles. The number of carbonyl (C=O) groups excluding carboxylic acids is 1.